The Bertz CT molecular complexity index is 1280. The third-order valence-corrected chi connectivity index (χ3v) is 5.07. The number of carbonyl (C=O) groups excluding carboxylic acids is 1. The van der Waals surface area contributed by atoms with Crippen molar-refractivity contribution < 1.29 is 13.2 Å². The Hall–Kier alpha value is -3.41. The molecule has 0 aliphatic carbocycles. The summed E-state index contributed by atoms with van der Waals surface area (Å²) in [5, 5.41) is 16.7. The Morgan fingerprint density at radius 1 is 1.03 bits per heavy atom. The Balaban J connectivity index is 2.02. The highest BCUT2D eigenvalue weighted by molar-refractivity contribution is 7.89. The first-order valence-corrected chi connectivity index (χ1v) is 12.2. The lowest BCUT2D eigenvalue weighted by molar-refractivity contribution is 0.0947. The van der Waals surface area contributed by atoms with Crippen LogP contribution in [0.4, 0.5) is 23.1 Å². The molecule has 1 amide bonds. The number of nitrogens with zero attached hydrogens (tertiary/aromatic N) is 4. The second-order valence-electron chi connectivity index (χ2n) is 8.75. The molecule has 0 unspecified atom stereocenters. The van der Waals surface area contributed by atoms with Crippen molar-refractivity contribution in [1.29, 1.82) is 0 Å². The number of hydrogen-bond acceptors (Lipinski definition) is 9. The summed E-state index contributed by atoms with van der Waals surface area (Å²) in [6, 6.07) is 8.63. The minimum Gasteiger partial charge on any atom is -0.368 e. The first-order chi connectivity index (χ1) is 15.4. The van der Waals surface area contributed by atoms with Gasteiger partial charge in [0.15, 0.2) is 21.3 Å². The molecule has 33 heavy (non-hydrogen) atoms. The fraction of sp³-hybridized carbons (Fsp3) is 0.211. The first kappa shape index (κ1) is 24.2. The maximum Gasteiger partial charge on any atom is 0.272 e. The quantitative estimate of drug-likeness (QED) is 0.354. The van der Waals surface area contributed by atoms with Gasteiger partial charge in [0, 0.05) is 30.3 Å². The molecular formula is C19H24B3N7O3S. The SMILES string of the molecule is BC(B)(B)NC(=O)c1nnc(Nc2cc(C)ccn2)cc1Nc1ncccc1CS(C)(=O)=O. The molecule has 3 rings (SSSR count). The zero-order valence-corrected chi connectivity index (χ0v) is 20.0. The van der Waals surface area contributed by atoms with Gasteiger partial charge in [-0.3, -0.25) is 4.79 Å². The van der Waals surface area contributed by atoms with E-state index in [0.29, 0.717) is 28.7 Å². The number of aromatic nitrogens is 4. The molecule has 168 valence electrons. The largest absolute Gasteiger partial charge is 0.368 e. The van der Waals surface area contributed by atoms with E-state index >= 15 is 0 Å². The van der Waals surface area contributed by atoms with Gasteiger partial charge in [-0.05, 0) is 35.9 Å². The third kappa shape index (κ3) is 7.31. The van der Waals surface area contributed by atoms with Crippen molar-refractivity contribution in [2.75, 3.05) is 16.9 Å². The lowest BCUT2D eigenvalue weighted by Crippen LogP contribution is -2.50. The fourth-order valence-electron chi connectivity index (χ4n) is 2.93. The summed E-state index contributed by atoms with van der Waals surface area (Å²) in [6.07, 6.45) is 4.35. The van der Waals surface area contributed by atoms with Crippen LogP contribution in [-0.4, -0.2) is 69.5 Å². The molecule has 0 bridgehead atoms. The monoisotopic (exact) mass is 463 g/mol. The van der Waals surface area contributed by atoms with E-state index < -0.39 is 21.0 Å². The van der Waals surface area contributed by atoms with Crippen LogP contribution >= 0.6 is 0 Å². The zero-order chi connectivity index (χ0) is 24.2. The van der Waals surface area contributed by atoms with Crippen LogP contribution in [0.3, 0.4) is 0 Å². The van der Waals surface area contributed by atoms with E-state index in [1.807, 2.05) is 42.6 Å². The topological polar surface area (TPSA) is 139 Å². The van der Waals surface area contributed by atoms with Crippen molar-refractivity contribution >= 4 is 62.4 Å². The normalized spacial score (nSPS) is 11.6. The lowest BCUT2D eigenvalue weighted by atomic mass is 9.49. The van der Waals surface area contributed by atoms with Crippen LogP contribution < -0.4 is 16.0 Å². The smallest absolute Gasteiger partial charge is 0.272 e. The van der Waals surface area contributed by atoms with Gasteiger partial charge in [-0.15, -0.1) is 10.2 Å². The number of nitrogens with one attached hydrogen (secondary N) is 3. The lowest BCUT2D eigenvalue weighted by Gasteiger charge is -2.21. The zero-order valence-electron chi connectivity index (χ0n) is 19.2. The predicted molar refractivity (Wildman–Crippen MR) is 136 cm³/mol. The van der Waals surface area contributed by atoms with Crippen LogP contribution in [-0.2, 0) is 15.6 Å². The number of anilines is 4. The molecule has 3 heterocycles. The van der Waals surface area contributed by atoms with Crippen LogP contribution in [0.5, 0.6) is 0 Å². The van der Waals surface area contributed by atoms with Gasteiger partial charge in [-0.2, -0.15) is 0 Å². The first-order valence-electron chi connectivity index (χ1n) is 10.2. The van der Waals surface area contributed by atoms with Crippen molar-refractivity contribution in [2.45, 2.75) is 17.9 Å². The maximum absolute atomic E-state index is 12.9. The van der Waals surface area contributed by atoms with E-state index in [9.17, 15) is 13.2 Å². The van der Waals surface area contributed by atoms with Crippen LogP contribution in [0, 0.1) is 6.92 Å². The van der Waals surface area contributed by atoms with E-state index in [1.54, 1.807) is 24.4 Å². The second-order valence-corrected chi connectivity index (χ2v) is 10.9. The number of carbonyl (C=O) groups is 1. The maximum atomic E-state index is 12.9. The summed E-state index contributed by atoms with van der Waals surface area (Å²) in [7, 11) is 2.26. The highest BCUT2D eigenvalue weighted by atomic mass is 32.2. The molecule has 3 N–H and O–H groups in total. The van der Waals surface area contributed by atoms with Crippen LogP contribution in [0.2, 0.25) is 0 Å². The number of rotatable bonds is 8. The highest BCUT2D eigenvalue weighted by Crippen LogP contribution is 2.25. The molecule has 14 heteroatoms. The van der Waals surface area contributed by atoms with E-state index in [2.05, 4.69) is 36.1 Å². The van der Waals surface area contributed by atoms with Crippen LogP contribution in [0.25, 0.3) is 0 Å². The molecule has 10 nitrogen and oxygen atoms in total. The van der Waals surface area contributed by atoms with Gasteiger partial charge in [0.05, 0.1) is 11.4 Å². The molecule has 0 spiro atoms. The molecule has 0 fully saturated rings. The van der Waals surface area contributed by atoms with Crippen LogP contribution in [0.1, 0.15) is 21.6 Å². The molecule has 0 aliphatic heterocycles. The summed E-state index contributed by atoms with van der Waals surface area (Å²) < 4.78 is 23.7. The Kier molecular flexibility index (Phi) is 7.06. The van der Waals surface area contributed by atoms with Gasteiger partial charge in [0.25, 0.3) is 5.91 Å². The Morgan fingerprint density at radius 2 is 1.79 bits per heavy atom. The van der Waals surface area contributed by atoms with Gasteiger partial charge in [0.1, 0.15) is 35.2 Å². The molecule has 0 atom stereocenters. The van der Waals surface area contributed by atoms with Crippen LogP contribution in [0.15, 0.2) is 42.7 Å². The van der Waals surface area contributed by atoms with E-state index in [4.69, 9.17) is 0 Å². The summed E-state index contributed by atoms with van der Waals surface area (Å²) in [5.41, 5.74) is 1.84. The number of pyridine rings is 2. The minimum absolute atomic E-state index is 0.0450. The molecule has 3 aromatic heterocycles. The third-order valence-electron chi connectivity index (χ3n) is 4.23. The average molecular weight is 463 g/mol. The van der Waals surface area contributed by atoms with E-state index in [0.717, 1.165) is 11.8 Å². The molecule has 3 aromatic rings. The number of aryl methyl sites for hydroxylation is 1. The van der Waals surface area contributed by atoms with Crippen molar-refractivity contribution in [3.63, 3.8) is 0 Å². The standard InChI is InChI=1S/C19H24B3N7O3S/c1-11-5-7-23-14(8-11)26-15-9-13(16(29-28-15)18(30)27-19(20,21)22)25-17-12(4-3-6-24-17)10-33(2,31)32/h3-9H,10,20-22H2,1-2H3,(H,27,30)(H2,23,24,25,26,28). The summed E-state index contributed by atoms with van der Waals surface area (Å²) >= 11 is 0. The average Bonchev–Trinajstić information content (AvgIpc) is 2.67. The van der Waals surface area contributed by atoms with Crippen molar-refractivity contribution in [3.05, 3.63) is 59.5 Å². The number of amides is 1. The summed E-state index contributed by atoms with van der Waals surface area (Å²) in [5.74, 6) is 0.587. The molecule has 0 saturated carbocycles. The molecule has 0 radical (unpaired) electrons. The van der Waals surface area contributed by atoms with Gasteiger partial charge in [0.2, 0.25) is 0 Å². The molecule has 0 aliphatic rings. The predicted octanol–water partition coefficient (Wildman–Crippen LogP) is -1.15. The van der Waals surface area contributed by atoms with E-state index in [-0.39, 0.29) is 11.4 Å². The number of hydrogen-bond donors (Lipinski definition) is 3. The van der Waals surface area contributed by atoms with E-state index in [1.165, 1.54) is 6.20 Å². The Labute approximate surface area is 195 Å². The van der Waals surface area contributed by atoms with Crippen molar-refractivity contribution in [1.82, 2.24) is 25.5 Å². The van der Waals surface area contributed by atoms with Gasteiger partial charge >= 0.3 is 0 Å². The van der Waals surface area contributed by atoms with Crippen molar-refractivity contribution in [3.8, 4) is 0 Å². The van der Waals surface area contributed by atoms with Gasteiger partial charge in [-0.25, -0.2) is 18.4 Å². The number of sulfone groups is 1. The highest BCUT2D eigenvalue weighted by Gasteiger charge is 2.22. The minimum atomic E-state index is -3.30. The van der Waals surface area contributed by atoms with Gasteiger partial charge < -0.3 is 16.0 Å². The molecule has 0 saturated heterocycles. The molecule has 0 aromatic carbocycles. The summed E-state index contributed by atoms with van der Waals surface area (Å²) in [4.78, 5) is 21.4. The van der Waals surface area contributed by atoms with Crippen molar-refractivity contribution in [2.24, 2.45) is 0 Å². The molecular weight excluding hydrogens is 439 g/mol. The van der Waals surface area contributed by atoms with Gasteiger partial charge in [-0.1, -0.05) is 6.07 Å². The fourth-order valence-corrected chi connectivity index (χ4v) is 3.73. The summed E-state index contributed by atoms with van der Waals surface area (Å²) in [6.45, 7) is 1.94. The Morgan fingerprint density at radius 3 is 2.45 bits per heavy atom. The second kappa shape index (κ2) is 9.61.